The molecular formula is C16H23N3. The Balaban J connectivity index is 2.00. The van der Waals surface area contributed by atoms with Crippen molar-refractivity contribution in [2.45, 2.75) is 57.5 Å². The van der Waals surface area contributed by atoms with Crippen LogP contribution in [-0.4, -0.2) is 16.1 Å². The summed E-state index contributed by atoms with van der Waals surface area (Å²) in [6.07, 6.45) is 7.76. The van der Waals surface area contributed by atoms with Crippen LogP contribution in [0.4, 0.5) is 0 Å². The smallest absolute Gasteiger partial charge is 0.107 e. The molecule has 3 heteroatoms. The topological polar surface area (TPSA) is 48.7 Å². The maximum absolute atomic E-state index is 9.54. The van der Waals surface area contributed by atoms with Crippen molar-refractivity contribution in [2.24, 2.45) is 5.92 Å². The van der Waals surface area contributed by atoms with Gasteiger partial charge < -0.3 is 0 Å². The highest BCUT2D eigenvalue weighted by Crippen LogP contribution is 2.37. The summed E-state index contributed by atoms with van der Waals surface area (Å²) in [5.74, 6) is 0.594. The molecule has 102 valence electrons. The monoisotopic (exact) mass is 257 g/mol. The van der Waals surface area contributed by atoms with Crippen molar-refractivity contribution < 1.29 is 0 Å². The molecule has 1 aromatic rings. The number of rotatable bonds is 3. The van der Waals surface area contributed by atoms with Crippen molar-refractivity contribution in [2.75, 3.05) is 0 Å². The Bertz CT molecular complexity index is 455. The third kappa shape index (κ3) is 3.78. The first-order chi connectivity index (χ1) is 8.92. The second-order valence-electron chi connectivity index (χ2n) is 6.74. The number of aromatic nitrogens is 1. The Kier molecular flexibility index (Phi) is 3.91. The minimum Gasteiger partial charge on any atom is -0.295 e. The summed E-state index contributed by atoms with van der Waals surface area (Å²) >= 11 is 0. The van der Waals surface area contributed by atoms with E-state index in [-0.39, 0.29) is 11.1 Å². The van der Waals surface area contributed by atoms with E-state index in [1.165, 1.54) is 5.56 Å². The largest absolute Gasteiger partial charge is 0.295 e. The lowest BCUT2D eigenvalue weighted by molar-refractivity contribution is 0.296. The molecular weight excluding hydrogens is 234 g/mol. The summed E-state index contributed by atoms with van der Waals surface area (Å²) in [4.78, 5) is 4.05. The van der Waals surface area contributed by atoms with Crippen molar-refractivity contribution in [1.82, 2.24) is 10.3 Å². The third-order valence-electron chi connectivity index (χ3n) is 3.72. The Morgan fingerprint density at radius 1 is 1.42 bits per heavy atom. The van der Waals surface area contributed by atoms with Crippen LogP contribution in [0.5, 0.6) is 0 Å². The quantitative estimate of drug-likeness (QED) is 0.905. The van der Waals surface area contributed by atoms with E-state index in [2.05, 4.69) is 49.3 Å². The number of nitrogens with one attached hydrogen (secondary N) is 1. The van der Waals surface area contributed by atoms with Gasteiger partial charge in [0.1, 0.15) is 5.54 Å². The fourth-order valence-corrected chi connectivity index (χ4v) is 3.13. The average Bonchev–Trinajstić information content (AvgIpc) is 2.72. The zero-order valence-corrected chi connectivity index (χ0v) is 12.1. The molecule has 0 radical (unpaired) electrons. The Labute approximate surface area is 116 Å². The predicted molar refractivity (Wildman–Crippen MR) is 76.5 cm³/mol. The van der Waals surface area contributed by atoms with Gasteiger partial charge in [-0.15, -0.1) is 0 Å². The maximum atomic E-state index is 9.54. The second kappa shape index (κ2) is 5.30. The van der Waals surface area contributed by atoms with Gasteiger partial charge in [-0.1, -0.05) is 0 Å². The first kappa shape index (κ1) is 14.0. The molecule has 0 aromatic carbocycles. The molecule has 0 bridgehead atoms. The van der Waals surface area contributed by atoms with Gasteiger partial charge in [0.2, 0.25) is 0 Å². The van der Waals surface area contributed by atoms with Crippen molar-refractivity contribution >= 4 is 0 Å². The highest BCUT2D eigenvalue weighted by molar-refractivity contribution is 5.17. The van der Waals surface area contributed by atoms with E-state index >= 15 is 0 Å². The number of hydrogen-bond acceptors (Lipinski definition) is 3. The van der Waals surface area contributed by atoms with Crippen LogP contribution in [0, 0.1) is 17.2 Å². The van der Waals surface area contributed by atoms with Crippen LogP contribution in [0.25, 0.3) is 0 Å². The molecule has 19 heavy (non-hydrogen) atoms. The summed E-state index contributed by atoms with van der Waals surface area (Å²) in [5, 5.41) is 13.1. The van der Waals surface area contributed by atoms with Crippen LogP contribution < -0.4 is 5.32 Å². The van der Waals surface area contributed by atoms with Gasteiger partial charge in [0.05, 0.1) is 6.07 Å². The lowest BCUT2D eigenvalue weighted by atomic mass is 9.91. The first-order valence-electron chi connectivity index (χ1n) is 7.02. The minimum atomic E-state index is -0.337. The molecule has 0 aliphatic heterocycles. The Hall–Kier alpha value is -1.40. The number of nitrogens with zero attached hydrogens (tertiary/aromatic N) is 2. The van der Waals surface area contributed by atoms with Crippen molar-refractivity contribution in [3.8, 4) is 6.07 Å². The summed E-state index contributed by atoms with van der Waals surface area (Å²) in [5.41, 5.74) is 0.974. The molecule has 3 nitrogen and oxygen atoms in total. The third-order valence-corrected chi connectivity index (χ3v) is 3.72. The van der Waals surface area contributed by atoms with Gasteiger partial charge in [0.25, 0.3) is 0 Å². The molecule has 0 saturated heterocycles. The molecule has 2 unspecified atom stereocenters. The molecule has 1 saturated carbocycles. The highest BCUT2D eigenvalue weighted by atomic mass is 15.0. The van der Waals surface area contributed by atoms with E-state index in [9.17, 15) is 5.26 Å². The maximum Gasteiger partial charge on any atom is 0.107 e. The van der Waals surface area contributed by atoms with E-state index in [0.717, 1.165) is 25.7 Å². The van der Waals surface area contributed by atoms with Crippen LogP contribution in [0.1, 0.15) is 45.6 Å². The standard InChI is InChI=1S/C16H23N3/c1-15(2,3)19-16(12-17)7-4-14(11-16)10-13-5-8-18-9-6-13/h5-6,8-9,14,19H,4,7,10-11H2,1-3H3. The molecule has 2 atom stereocenters. The van der Waals surface area contributed by atoms with Crippen molar-refractivity contribution in [3.05, 3.63) is 30.1 Å². The van der Waals surface area contributed by atoms with Gasteiger partial charge in [-0.2, -0.15) is 5.26 Å². The lowest BCUT2D eigenvalue weighted by Crippen LogP contribution is -2.51. The lowest BCUT2D eigenvalue weighted by Gasteiger charge is -2.32. The van der Waals surface area contributed by atoms with Crippen LogP contribution in [0.15, 0.2) is 24.5 Å². The van der Waals surface area contributed by atoms with Crippen LogP contribution in [0.2, 0.25) is 0 Å². The molecule has 1 N–H and O–H groups in total. The summed E-state index contributed by atoms with van der Waals surface area (Å²) < 4.78 is 0. The summed E-state index contributed by atoms with van der Waals surface area (Å²) in [6, 6.07) is 6.67. The molecule has 2 rings (SSSR count). The van der Waals surface area contributed by atoms with Gasteiger partial charge in [-0.3, -0.25) is 10.3 Å². The van der Waals surface area contributed by atoms with Gasteiger partial charge in [0.15, 0.2) is 0 Å². The zero-order chi connectivity index (χ0) is 13.9. The molecule has 1 aromatic heterocycles. The molecule has 0 amide bonds. The number of nitriles is 1. The molecule has 1 aliphatic rings. The van der Waals surface area contributed by atoms with Crippen LogP contribution in [0.3, 0.4) is 0 Å². The van der Waals surface area contributed by atoms with E-state index in [0.29, 0.717) is 5.92 Å². The van der Waals surface area contributed by atoms with Gasteiger partial charge in [-0.05, 0) is 70.1 Å². The fourth-order valence-electron chi connectivity index (χ4n) is 3.13. The van der Waals surface area contributed by atoms with Gasteiger partial charge >= 0.3 is 0 Å². The normalized spacial score (nSPS) is 27.2. The number of pyridine rings is 1. The predicted octanol–water partition coefficient (Wildman–Crippen LogP) is 3.07. The average molecular weight is 257 g/mol. The first-order valence-corrected chi connectivity index (χ1v) is 7.02. The van der Waals surface area contributed by atoms with Gasteiger partial charge in [-0.25, -0.2) is 0 Å². The molecule has 0 spiro atoms. The summed E-state index contributed by atoms with van der Waals surface area (Å²) in [7, 11) is 0. The molecule has 1 aliphatic carbocycles. The Morgan fingerprint density at radius 2 is 2.11 bits per heavy atom. The SMILES string of the molecule is CC(C)(C)NC1(C#N)CCC(Cc2ccncc2)C1. The van der Waals surface area contributed by atoms with Crippen molar-refractivity contribution in [1.29, 1.82) is 5.26 Å². The van der Waals surface area contributed by atoms with E-state index in [4.69, 9.17) is 0 Å². The van der Waals surface area contributed by atoms with Crippen LogP contribution >= 0.6 is 0 Å². The van der Waals surface area contributed by atoms with E-state index < -0.39 is 0 Å². The zero-order valence-electron chi connectivity index (χ0n) is 12.1. The minimum absolute atomic E-state index is 0.0126. The van der Waals surface area contributed by atoms with E-state index in [1.54, 1.807) is 0 Å². The summed E-state index contributed by atoms with van der Waals surface area (Å²) in [6.45, 7) is 6.38. The van der Waals surface area contributed by atoms with E-state index in [1.807, 2.05) is 12.4 Å². The van der Waals surface area contributed by atoms with Crippen molar-refractivity contribution in [3.63, 3.8) is 0 Å². The second-order valence-corrected chi connectivity index (χ2v) is 6.74. The fraction of sp³-hybridized carbons (Fsp3) is 0.625. The molecule has 1 heterocycles. The van der Waals surface area contributed by atoms with Crippen LogP contribution in [-0.2, 0) is 6.42 Å². The highest BCUT2D eigenvalue weighted by Gasteiger charge is 2.41. The molecule has 1 fully saturated rings. The van der Waals surface area contributed by atoms with Gasteiger partial charge in [0, 0.05) is 17.9 Å². The Morgan fingerprint density at radius 3 is 2.68 bits per heavy atom. The number of hydrogen-bond donors (Lipinski definition) is 1.